The highest BCUT2D eigenvalue weighted by atomic mass is 127. The van der Waals surface area contributed by atoms with E-state index < -0.39 is 5.97 Å². The van der Waals surface area contributed by atoms with E-state index in [0.717, 1.165) is 3.57 Å². The van der Waals surface area contributed by atoms with Gasteiger partial charge in [0.25, 0.3) is 0 Å². The van der Waals surface area contributed by atoms with Gasteiger partial charge >= 0.3 is 5.97 Å². The highest BCUT2D eigenvalue weighted by Gasteiger charge is 2.08. The first-order valence-corrected chi connectivity index (χ1v) is 4.16. The Labute approximate surface area is 82.8 Å². The van der Waals surface area contributed by atoms with E-state index in [4.69, 9.17) is 10.4 Å². The maximum Gasteiger partial charge on any atom is 0.337 e. The zero-order valence-electron chi connectivity index (χ0n) is 5.91. The molecule has 0 saturated carbocycles. The summed E-state index contributed by atoms with van der Waals surface area (Å²) in [6.07, 6.45) is 0. The normalized spacial score (nSPS) is 9.00. The molecule has 0 saturated heterocycles. The first-order valence-electron chi connectivity index (χ1n) is 3.08. The fourth-order valence-electron chi connectivity index (χ4n) is 0.795. The van der Waals surface area contributed by atoms with Crippen molar-refractivity contribution in [1.29, 1.82) is 5.26 Å². The van der Waals surface area contributed by atoms with Crippen molar-refractivity contribution in [1.82, 2.24) is 0 Å². The molecule has 1 N–H and O–H groups in total. The average Bonchev–Trinajstić information content (AvgIpc) is 2.03. The van der Waals surface area contributed by atoms with Crippen LogP contribution in [0.1, 0.15) is 15.9 Å². The molecule has 0 aromatic heterocycles. The molecule has 0 radical (unpaired) electrons. The van der Waals surface area contributed by atoms with Crippen molar-refractivity contribution in [3.8, 4) is 6.07 Å². The molecule has 60 valence electrons. The summed E-state index contributed by atoms with van der Waals surface area (Å²) in [5, 5.41) is 17.2. The molecule has 1 rings (SSSR count). The predicted octanol–water partition coefficient (Wildman–Crippen LogP) is 1.86. The summed E-state index contributed by atoms with van der Waals surface area (Å²) < 4.78 is 0.856. The number of hydrogen-bond donors (Lipinski definition) is 1. The van der Waals surface area contributed by atoms with Crippen LogP contribution in [0.3, 0.4) is 0 Å². The second-order valence-corrected chi connectivity index (χ2v) is 3.35. The Hall–Kier alpha value is -1.09. The lowest BCUT2D eigenvalue weighted by Gasteiger charge is -1.97. The summed E-state index contributed by atoms with van der Waals surface area (Å²) >= 11 is 2.02. The van der Waals surface area contributed by atoms with Gasteiger partial charge < -0.3 is 5.11 Å². The van der Waals surface area contributed by atoms with Gasteiger partial charge in [-0.3, -0.25) is 0 Å². The summed E-state index contributed by atoms with van der Waals surface area (Å²) in [5.74, 6) is -1.07. The van der Waals surface area contributed by atoms with Crippen molar-refractivity contribution in [3.05, 3.63) is 32.9 Å². The molecule has 12 heavy (non-hydrogen) atoms. The first kappa shape index (κ1) is 9.00. The number of halogens is 1. The summed E-state index contributed by atoms with van der Waals surface area (Å²) in [4.78, 5) is 10.5. The fourth-order valence-corrected chi connectivity index (χ4v) is 1.29. The molecule has 0 unspecified atom stereocenters. The second-order valence-electron chi connectivity index (χ2n) is 2.11. The number of aromatic carboxylic acids is 1. The van der Waals surface area contributed by atoms with E-state index in [0.29, 0.717) is 0 Å². The smallest absolute Gasteiger partial charge is 0.337 e. The predicted molar refractivity (Wildman–Crippen MR) is 50.8 cm³/mol. The summed E-state index contributed by atoms with van der Waals surface area (Å²) in [5.41, 5.74) is 0.257. The number of hydrogen-bond acceptors (Lipinski definition) is 2. The van der Waals surface area contributed by atoms with Crippen LogP contribution in [0.5, 0.6) is 0 Å². The number of nitriles is 1. The van der Waals surface area contributed by atoms with Crippen LogP contribution >= 0.6 is 22.6 Å². The molecule has 0 aliphatic heterocycles. The lowest BCUT2D eigenvalue weighted by molar-refractivity contribution is 0.0696. The van der Waals surface area contributed by atoms with E-state index in [1.54, 1.807) is 12.1 Å². The second kappa shape index (κ2) is 3.54. The molecule has 0 heterocycles. The molecule has 0 aliphatic rings. The minimum absolute atomic E-state index is 0.0536. The van der Waals surface area contributed by atoms with Crippen molar-refractivity contribution in [3.63, 3.8) is 0 Å². The van der Waals surface area contributed by atoms with Gasteiger partial charge in [0, 0.05) is 3.57 Å². The molecule has 0 bridgehead atoms. The van der Waals surface area contributed by atoms with Gasteiger partial charge in [0.2, 0.25) is 0 Å². The van der Waals surface area contributed by atoms with Gasteiger partial charge in [-0.2, -0.15) is 5.26 Å². The van der Waals surface area contributed by atoms with Gasteiger partial charge in [0.1, 0.15) is 6.07 Å². The van der Waals surface area contributed by atoms with Crippen molar-refractivity contribution in [2.75, 3.05) is 0 Å². The van der Waals surface area contributed by atoms with E-state index in [-0.39, 0.29) is 11.1 Å². The molecule has 4 heteroatoms. The standard InChI is InChI=1S/C8H4INO2/c9-6-1-2-7(8(11)12)5(3-6)4-10/h1-3H,(H,11,12). The molecular formula is C8H4INO2. The topological polar surface area (TPSA) is 61.1 Å². The highest BCUT2D eigenvalue weighted by molar-refractivity contribution is 14.1. The number of nitrogens with zero attached hydrogens (tertiary/aromatic N) is 1. The van der Waals surface area contributed by atoms with E-state index in [9.17, 15) is 4.79 Å². The van der Waals surface area contributed by atoms with E-state index in [2.05, 4.69) is 0 Å². The molecule has 0 atom stereocenters. The van der Waals surface area contributed by atoms with Crippen LogP contribution in [0.4, 0.5) is 0 Å². The molecule has 0 amide bonds. The molecule has 0 spiro atoms. The van der Waals surface area contributed by atoms with Gasteiger partial charge in [0.15, 0.2) is 0 Å². The van der Waals surface area contributed by atoms with Crippen LogP contribution in [-0.2, 0) is 0 Å². The van der Waals surface area contributed by atoms with Crippen LogP contribution in [-0.4, -0.2) is 11.1 Å². The Kier molecular flexibility index (Phi) is 2.65. The monoisotopic (exact) mass is 273 g/mol. The minimum atomic E-state index is -1.07. The molecular weight excluding hydrogens is 269 g/mol. The lowest BCUT2D eigenvalue weighted by atomic mass is 10.1. The fraction of sp³-hybridized carbons (Fsp3) is 0. The maximum atomic E-state index is 10.5. The van der Waals surface area contributed by atoms with E-state index >= 15 is 0 Å². The average molecular weight is 273 g/mol. The van der Waals surface area contributed by atoms with Gasteiger partial charge in [-0.1, -0.05) is 0 Å². The van der Waals surface area contributed by atoms with E-state index in [1.165, 1.54) is 6.07 Å². The summed E-state index contributed by atoms with van der Waals surface area (Å²) in [7, 11) is 0. The maximum absolute atomic E-state index is 10.5. The lowest BCUT2D eigenvalue weighted by Crippen LogP contribution is -1.99. The molecule has 0 fully saturated rings. The minimum Gasteiger partial charge on any atom is -0.478 e. The Morgan fingerprint density at radius 1 is 1.58 bits per heavy atom. The van der Waals surface area contributed by atoms with Crippen LogP contribution in [0, 0.1) is 14.9 Å². The van der Waals surface area contributed by atoms with Crippen molar-refractivity contribution < 1.29 is 9.90 Å². The third kappa shape index (κ3) is 1.74. The van der Waals surface area contributed by atoms with E-state index in [1.807, 2.05) is 28.7 Å². The number of carboxylic acids is 1. The largest absolute Gasteiger partial charge is 0.478 e. The van der Waals surface area contributed by atoms with Crippen LogP contribution in [0.25, 0.3) is 0 Å². The molecule has 0 aliphatic carbocycles. The quantitative estimate of drug-likeness (QED) is 0.794. The number of rotatable bonds is 1. The first-order chi connectivity index (χ1) is 5.65. The summed E-state index contributed by atoms with van der Waals surface area (Å²) in [6.45, 7) is 0. The van der Waals surface area contributed by atoms with Gasteiger partial charge in [-0.25, -0.2) is 4.79 Å². The third-order valence-corrected chi connectivity index (χ3v) is 2.00. The number of carboxylic acid groups (broad SMARTS) is 1. The SMILES string of the molecule is N#Cc1cc(I)ccc1C(=O)O. The van der Waals surface area contributed by atoms with Crippen LogP contribution < -0.4 is 0 Å². The summed E-state index contributed by atoms with van der Waals surface area (Å²) in [6, 6.07) is 6.47. The van der Waals surface area contributed by atoms with Crippen LogP contribution in [0.15, 0.2) is 18.2 Å². The van der Waals surface area contributed by atoms with Crippen molar-refractivity contribution in [2.24, 2.45) is 0 Å². The Bertz CT molecular complexity index is 368. The van der Waals surface area contributed by atoms with Crippen molar-refractivity contribution in [2.45, 2.75) is 0 Å². The Morgan fingerprint density at radius 3 is 2.75 bits per heavy atom. The molecule has 1 aromatic rings. The Morgan fingerprint density at radius 2 is 2.25 bits per heavy atom. The zero-order chi connectivity index (χ0) is 9.14. The Balaban J connectivity index is 3.32. The van der Waals surface area contributed by atoms with Gasteiger partial charge in [-0.15, -0.1) is 0 Å². The van der Waals surface area contributed by atoms with Crippen molar-refractivity contribution >= 4 is 28.6 Å². The van der Waals surface area contributed by atoms with Gasteiger partial charge in [0.05, 0.1) is 11.1 Å². The highest BCUT2D eigenvalue weighted by Crippen LogP contribution is 2.12. The zero-order valence-corrected chi connectivity index (χ0v) is 8.07. The number of carbonyl (C=O) groups is 1. The van der Waals surface area contributed by atoms with Gasteiger partial charge in [-0.05, 0) is 40.8 Å². The van der Waals surface area contributed by atoms with Crippen LogP contribution in [0.2, 0.25) is 0 Å². The molecule has 1 aromatic carbocycles. The third-order valence-electron chi connectivity index (χ3n) is 1.33. The molecule has 3 nitrogen and oxygen atoms in total. The number of benzene rings is 1.